The predicted molar refractivity (Wildman–Crippen MR) is 80.0 cm³/mol. The Bertz CT molecular complexity index is 488. The van der Waals surface area contributed by atoms with Crippen LogP contribution in [0.15, 0.2) is 41.8 Å². The third-order valence-corrected chi connectivity index (χ3v) is 3.59. The number of hydrogen-bond acceptors (Lipinski definition) is 3. The summed E-state index contributed by atoms with van der Waals surface area (Å²) < 4.78 is 0. The summed E-state index contributed by atoms with van der Waals surface area (Å²) in [5.74, 6) is 0. The van der Waals surface area contributed by atoms with Crippen molar-refractivity contribution < 1.29 is 5.11 Å². The number of aliphatic hydroxyl groups excluding tert-OH is 1. The first-order chi connectivity index (χ1) is 8.79. The number of benzene rings is 1. The second kappa shape index (κ2) is 6.38. The van der Waals surface area contributed by atoms with Gasteiger partial charge in [-0.1, -0.05) is 24.3 Å². The maximum absolute atomic E-state index is 8.89. The molecule has 1 aromatic carbocycles. The first-order valence-electron chi connectivity index (χ1n) is 5.93. The van der Waals surface area contributed by atoms with Gasteiger partial charge in [-0.3, -0.25) is 0 Å². The summed E-state index contributed by atoms with van der Waals surface area (Å²) in [4.78, 5) is 3.30. The van der Waals surface area contributed by atoms with Gasteiger partial charge < -0.3 is 10.0 Å². The highest BCUT2D eigenvalue weighted by Crippen LogP contribution is 2.17. The topological polar surface area (TPSA) is 23.5 Å². The number of aliphatic hydroxyl groups is 1. The minimum Gasteiger partial charge on any atom is -0.395 e. The molecule has 2 nitrogen and oxygen atoms in total. The molecule has 2 rings (SSSR count). The Morgan fingerprint density at radius 3 is 2.56 bits per heavy atom. The summed E-state index contributed by atoms with van der Waals surface area (Å²) >= 11 is 1.73. The predicted octanol–water partition coefficient (Wildman–Crippen LogP) is 3.35. The van der Waals surface area contributed by atoms with E-state index >= 15 is 0 Å². The van der Waals surface area contributed by atoms with Crippen LogP contribution in [0.3, 0.4) is 0 Å². The van der Waals surface area contributed by atoms with E-state index in [0.717, 1.165) is 5.69 Å². The van der Waals surface area contributed by atoms with E-state index in [2.05, 4.69) is 53.9 Å². The molecule has 0 amide bonds. The van der Waals surface area contributed by atoms with Gasteiger partial charge in [0.1, 0.15) is 0 Å². The fourth-order valence-electron chi connectivity index (χ4n) is 1.68. The number of anilines is 1. The molecule has 1 heterocycles. The fourth-order valence-corrected chi connectivity index (χ4v) is 2.30. The van der Waals surface area contributed by atoms with Crippen molar-refractivity contribution in [2.45, 2.75) is 0 Å². The number of likely N-dealkylation sites (N-methyl/N-ethyl adjacent to an activating group) is 1. The molecule has 0 aliphatic heterocycles. The zero-order valence-electron chi connectivity index (χ0n) is 10.4. The maximum atomic E-state index is 8.89. The maximum Gasteiger partial charge on any atom is 0.0606 e. The van der Waals surface area contributed by atoms with Crippen LogP contribution in [0.2, 0.25) is 0 Å². The molecule has 0 saturated heterocycles. The Kier molecular flexibility index (Phi) is 4.56. The third-order valence-electron chi connectivity index (χ3n) is 2.75. The Balaban J connectivity index is 2.03. The molecular formula is C15H17NOS. The lowest BCUT2D eigenvalue weighted by Crippen LogP contribution is -2.20. The molecule has 1 N–H and O–H groups in total. The minimum atomic E-state index is 0.177. The van der Waals surface area contributed by atoms with Gasteiger partial charge in [-0.05, 0) is 35.2 Å². The SMILES string of the molecule is CN(CCO)c1ccc(/C=C/c2cccs2)cc1. The number of nitrogens with zero attached hydrogens (tertiary/aromatic N) is 1. The first kappa shape index (κ1) is 12.9. The van der Waals surface area contributed by atoms with E-state index in [1.165, 1.54) is 10.4 Å². The zero-order chi connectivity index (χ0) is 12.8. The van der Waals surface area contributed by atoms with Gasteiger partial charge in [0.15, 0.2) is 0 Å². The molecule has 0 radical (unpaired) electrons. The molecule has 18 heavy (non-hydrogen) atoms. The molecule has 0 aliphatic rings. The van der Waals surface area contributed by atoms with Gasteiger partial charge in [0.2, 0.25) is 0 Å². The van der Waals surface area contributed by atoms with Crippen molar-refractivity contribution >= 4 is 29.2 Å². The molecule has 0 aliphatic carbocycles. The third kappa shape index (κ3) is 3.45. The van der Waals surface area contributed by atoms with Gasteiger partial charge in [-0.15, -0.1) is 11.3 Å². The zero-order valence-corrected chi connectivity index (χ0v) is 11.2. The average Bonchev–Trinajstić information content (AvgIpc) is 2.90. The highest BCUT2D eigenvalue weighted by atomic mass is 32.1. The summed E-state index contributed by atoms with van der Waals surface area (Å²) in [5, 5.41) is 11.0. The summed E-state index contributed by atoms with van der Waals surface area (Å²) in [7, 11) is 1.98. The van der Waals surface area contributed by atoms with E-state index in [-0.39, 0.29) is 6.61 Å². The second-order valence-corrected chi connectivity index (χ2v) is 5.06. The fraction of sp³-hybridized carbons (Fsp3) is 0.200. The van der Waals surface area contributed by atoms with E-state index in [1.54, 1.807) is 11.3 Å². The smallest absolute Gasteiger partial charge is 0.0606 e. The number of thiophene rings is 1. The van der Waals surface area contributed by atoms with E-state index in [0.29, 0.717) is 6.54 Å². The van der Waals surface area contributed by atoms with Crippen LogP contribution in [-0.2, 0) is 0 Å². The van der Waals surface area contributed by atoms with Crippen molar-refractivity contribution in [3.8, 4) is 0 Å². The molecule has 0 spiro atoms. The van der Waals surface area contributed by atoms with Crippen LogP contribution in [0.1, 0.15) is 10.4 Å². The van der Waals surface area contributed by atoms with Crippen molar-refractivity contribution in [1.82, 2.24) is 0 Å². The molecule has 1 aromatic heterocycles. The van der Waals surface area contributed by atoms with Gasteiger partial charge in [0.05, 0.1) is 6.61 Å². The lowest BCUT2D eigenvalue weighted by atomic mass is 10.2. The molecule has 3 heteroatoms. The largest absolute Gasteiger partial charge is 0.395 e. The molecule has 94 valence electrons. The van der Waals surface area contributed by atoms with Crippen LogP contribution in [0.4, 0.5) is 5.69 Å². The molecule has 0 fully saturated rings. The Labute approximate surface area is 112 Å². The van der Waals surface area contributed by atoms with Crippen molar-refractivity contribution in [2.75, 3.05) is 25.1 Å². The molecule has 0 bridgehead atoms. The van der Waals surface area contributed by atoms with Crippen LogP contribution < -0.4 is 4.90 Å². The summed E-state index contributed by atoms with van der Waals surface area (Å²) in [6.45, 7) is 0.834. The Morgan fingerprint density at radius 2 is 1.94 bits per heavy atom. The van der Waals surface area contributed by atoms with E-state index in [4.69, 9.17) is 5.11 Å². The minimum absolute atomic E-state index is 0.177. The van der Waals surface area contributed by atoms with Gasteiger partial charge >= 0.3 is 0 Å². The van der Waals surface area contributed by atoms with Crippen LogP contribution >= 0.6 is 11.3 Å². The molecular weight excluding hydrogens is 242 g/mol. The summed E-state index contributed by atoms with van der Waals surface area (Å²) in [5.41, 5.74) is 2.31. The first-order valence-corrected chi connectivity index (χ1v) is 6.81. The Hall–Kier alpha value is -1.58. The molecule has 0 unspecified atom stereocenters. The normalized spacial score (nSPS) is 11.0. The lowest BCUT2D eigenvalue weighted by Gasteiger charge is -2.17. The van der Waals surface area contributed by atoms with Crippen molar-refractivity contribution in [3.63, 3.8) is 0 Å². The molecule has 0 saturated carbocycles. The van der Waals surface area contributed by atoms with Gasteiger partial charge in [0, 0.05) is 24.2 Å². The van der Waals surface area contributed by atoms with Crippen LogP contribution in [0.5, 0.6) is 0 Å². The van der Waals surface area contributed by atoms with Gasteiger partial charge in [-0.25, -0.2) is 0 Å². The number of hydrogen-bond donors (Lipinski definition) is 1. The summed E-state index contributed by atoms with van der Waals surface area (Å²) in [6, 6.07) is 12.5. The quantitative estimate of drug-likeness (QED) is 0.890. The van der Waals surface area contributed by atoms with Crippen molar-refractivity contribution in [1.29, 1.82) is 0 Å². The van der Waals surface area contributed by atoms with E-state index in [9.17, 15) is 0 Å². The highest BCUT2D eigenvalue weighted by molar-refractivity contribution is 7.10. The van der Waals surface area contributed by atoms with E-state index in [1.807, 2.05) is 11.9 Å². The van der Waals surface area contributed by atoms with E-state index < -0.39 is 0 Å². The van der Waals surface area contributed by atoms with Gasteiger partial charge in [-0.2, -0.15) is 0 Å². The van der Waals surface area contributed by atoms with Crippen molar-refractivity contribution in [3.05, 3.63) is 52.2 Å². The Morgan fingerprint density at radius 1 is 1.17 bits per heavy atom. The van der Waals surface area contributed by atoms with Gasteiger partial charge in [0.25, 0.3) is 0 Å². The standard InChI is InChI=1S/C15H17NOS/c1-16(10-11-17)14-7-4-13(5-8-14)6-9-15-3-2-12-18-15/h2-9,12,17H,10-11H2,1H3/b9-6+. The number of rotatable bonds is 5. The average molecular weight is 259 g/mol. The lowest BCUT2D eigenvalue weighted by molar-refractivity contribution is 0.304. The highest BCUT2D eigenvalue weighted by Gasteiger charge is 1.98. The van der Waals surface area contributed by atoms with Crippen LogP contribution in [-0.4, -0.2) is 25.3 Å². The molecule has 2 aromatic rings. The molecule has 0 atom stereocenters. The summed E-state index contributed by atoms with van der Waals surface area (Å²) in [6.07, 6.45) is 4.23. The van der Waals surface area contributed by atoms with Crippen LogP contribution in [0, 0.1) is 0 Å². The van der Waals surface area contributed by atoms with Crippen LogP contribution in [0.25, 0.3) is 12.2 Å². The monoisotopic (exact) mass is 259 g/mol. The van der Waals surface area contributed by atoms with Crippen molar-refractivity contribution in [2.24, 2.45) is 0 Å². The second-order valence-electron chi connectivity index (χ2n) is 4.09.